The molecule has 0 bridgehead atoms. The lowest BCUT2D eigenvalue weighted by molar-refractivity contribution is 0.0950. The number of ether oxygens (including phenoxy) is 3. The van der Waals surface area contributed by atoms with Gasteiger partial charge in [-0.1, -0.05) is 6.07 Å². The van der Waals surface area contributed by atoms with E-state index in [9.17, 15) is 4.79 Å². The number of nitrogens with zero attached hydrogens (tertiary/aromatic N) is 2. The number of anilines is 1. The Balaban J connectivity index is 1.59. The molecular formula is C19H23N3O4. The lowest BCUT2D eigenvalue weighted by Gasteiger charge is -2.27. The van der Waals surface area contributed by atoms with Crippen molar-refractivity contribution in [2.24, 2.45) is 0 Å². The van der Waals surface area contributed by atoms with E-state index in [1.807, 2.05) is 12.1 Å². The molecule has 1 aliphatic heterocycles. The first-order valence-electron chi connectivity index (χ1n) is 8.49. The zero-order valence-electron chi connectivity index (χ0n) is 15.0. The fourth-order valence-corrected chi connectivity index (χ4v) is 2.76. The van der Waals surface area contributed by atoms with Gasteiger partial charge in [0.1, 0.15) is 5.82 Å². The summed E-state index contributed by atoms with van der Waals surface area (Å²) in [6, 6.07) is 9.03. The number of pyridine rings is 1. The maximum atomic E-state index is 12.4. The minimum Gasteiger partial charge on any atom is -0.493 e. The van der Waals surface area contributed by atoms with Crippen molar-refractivity contribution in [3.05, 3.63) is 47.7 Å². The zero-order valence-corrected chi connectivity index (χ0v) is 15.0. The molecule has 0 aliphatic carbocycles. The Kier molecular flexibility index (Phi) is 5.91. The van der Waals surface area contributed by atoms with Crippen LogP contribution in [0.15, 0.2) is 36.5 Å². The molecule has 0 saturated carbocycles. The molecule has 1 aromatic carbocycles. The van der Waals surface area contributed by atoms with Crippen LogP contribution in [-0.2, 0) is 11.3 Å². The molecule has 0 radical (unpaired) electrons. The Morgan fingerprint density at radius 3 is 2.58 bits per heavy atom. The summed E-state index contributed by atoms with van der Waals surface area (Å²) in [7, 11) is 3.10. The number of benzene rings is 1. The van der Waals surface area contributed by atoms with Gasteiger partial charge in [0.15, 0.2) is 11.5 Å². The Hall–Kier alpha value is -2.80. The molecule has 0 unspecified atom stereocenters. The van der Waals surface area contributed by atoms with E-state index in [1.54, 1.807) is 38.6 Å². The average Bonchev–Trinajstić information content (AvgIpc) is 2.72. The van der Waals surface area contributed by atoms with Crippen LogP contribution in [0.2, 0.25) is 0 Å². The maximum absolute atomic E-state index is 12.4. The van der Waals surface area contributed by atoms with Gasteiger partial charge in [-0.2, -0.15) is 0 Å². The topological polar surface area (TPSA) is 72.9 Å². The van der Waals surface area contributed by atoms with Crippen molar-refractivity contribution >= 4 is 11.7 Å². The van der Waals surface area contributed by atoms with Crippen LogP contribution in [0.25, 0.3) is 0 Å². The van der Waals surface area contributed by atoms with Crippen LogP contribution in [0.1, 0.15) is 15.9 Å². The Morgan fingerprint density at radius 2 is 1.92 bits per heavy atom. The molecule has 0 atom stereocenters. The van der Waals surface area contributed by atoms with Crippen LogP contribution in [0.5, 0.6) is 11.5 Å². The predicted molar refractivity (Wildman–Crippen MR) is 98.0 cm³/mol. The first-order valence-corrected chi connectivity index (χ1v) is 8.49. The summed E-state index contributed by atoms with van der Waals surface area (Å²) in [5.41, 5.74) is 1.45. The number of amides is 1. The van der Waals surface area contributed by atoms with Crippen molar-refractivity contribution in [1.29, 1.82) is 0 Å². The number of hydrogen-bond acceptors (Lipinski definition) is 6. The second kappa shape index (κ2) is 8.53. The fraction of sp³-hybridized carbons (Fsp3) is 0.368. The number of rotatable bonds is 6. The standard InChI is InChI=1S/C19H23N3O4/c1-24-16-5-4-15(11-17(16)25-2)19(23)21-13-14-3-6-18(20-12-14)22-7-9-26-10-8-22/h3-6,11-12H,7-10,13H2,1-2H3,(H,21,23). The van der Waals surface area contributed by atoms with Crippen LogP contribution in [-0.4, -0.2) is 51.4 Å². The van der Waals surface area contributed by atoms with Gasteiger partial charge in [0.25, 0.3) is 5.91 Å². The van der Waals surface area contributed by atoms with Crippen LogP contribution in [0.3, 0.4) is 0 Å². The Bertz CT molecular complexity index is 743. The van der Waals surface area contributed by atoms with E-state index < -0.39 is 0 Å². The quantitative estimate of drug-likeness (QED) is 0.851. The van der Waals surface area contributed by atoms with Crippen molar-refractivity contribution in [2.75, 3.05) is 45.4 Å². The number of aromatic nitrogens is 1. The predicted octanol–water partition coefficient (Wildman–Crippen LogP) is 1.87. The zero-order chi connectivity index (χ0) is 18.4. The number of methoxy groups -OCH3 is 2. The maximum Gasteiger partial charge on any atom is 0.251 e. The number of carbonyl (C=O) groups excluding carboxylic acids is 1. The van der Waals surface area contributed by atoms with E-state index in [-0.39, 0.29) is 5.91 Å². The van der Waals surface area contributed by atoms with E-state index in [4.69, 9.17) is 14.2 Å². The molecule has 2 aromatic rings. The van der Waals surface area contributed by atoms with Gasteiger partial charge in [-0.05, 0) is 29.8 Å². The summed E-state index contributed by atoms with van der Waals surface area (Å²) in [5, 5.41) is 2.89. The Labute approximate surface area is 152 Å². The summed E-state index contributed by atoms with van der Waals surface area (Å²) in [5.74, 6) is 1.87. The van der Waals surface area contributed by atoms with Gasteiger partial charge in [-0.25, -0.2) is 4.98 Å². The van der Waals surface area contributed by atoms with Gasteiger partial charge in [-0.3, -0.25) is 4.79 Å². The van der Waals surface area contributed by atoms with E-state index in [2.05, 4.69) is 15.2 Å². The first-order chi connectivity index (χ1) is 12.7. The van der Waals surface area contributed by atoms with Crippen LogP contribution >= 0.6 is 0 Å². The van der Waals surface area contributed by atoms with Crippen LogP contribution in [0.4, 0.5) is 5.82 Å². The van der Waals surface area contributed by atoms with Crippen LogP contribution < -0.4 is 19.7 Å². The van der Waals surface area contributed by atoms with E-state index in [0.29, 0.717) is 23.6 Å². The van der Waals surface area contributed by atoms with Gasteiger partial charge in [0, 0.05) is 31.4 Å². The summed E-state index contributed by atoms with van der Waals surface area (Å²) in [6.07, 6.45) is 1.79. The molecule has 138 valence electrons. The second-order valence-electron chi connectivity index (χ2n) is 5.88. The molecule has 1 fully saturated rings. The minimum absolute atomic E-state index is 0.178. The van der Waals surface area contributed by atoms with Crippen molar-refractivity contribution in [1.82, 2.24) is 10.3 Å². The van der Waals surface area contributed by atoms with E-state index in [0.717, 1.165) is 37.7 Å². The van der Waals surface area contributed by atoms with Gasteiger partial charge in [0.05, 0.1) is 27.4 Å². The summed E-state index contributed by atoms with van der Waals surface area (Å²) in [6.45, 7) is 3.56. The molecule has 1 aliphatic rings. The fourth-order valence-electron chi connectivity index (χ4n) is 2.76. The van der Waals surface area contributed by atoms with Gasteiger partial charge >= 0.3 is 0 Å². The molecule has 7 heteroatoms. The highest BCUT2D eigenvalue weighted by atomic mass is 16.5. The minimum atomic E-state index is -0.178. The molecule has 0 spiro atoms. The van der Waals surface area contributed by atoms with E-state index >= 15 is 0 Å². The molecule has 1 saturated heterocycles. The monoisotopic (exact) mass is 357 g/mol. The van der Waals surface area contributed by atoms with Gasteiger partial charge < -0.3 is 24.4 Å². The summed E-state index contributed by atoms with van der Waals surface area (Å²) < 4.78 is 15.8. The lowest BCUT2D eigenvalue weighted by atomic mass is 10.2. The third-order valence-corrected chi connectivity index (χ3v) is 4.24. The number of hydrogen-bond donors (Lipinski definition) is 1. The SMILES string of the molecule is COc1ccc(C(=O)NCc2ccc(N3CCOCC3)nc2)cc1OC. The van der Waals surface area contributed by atoms with Crippen molar-refractivity contribution < 1.29 is 19.0 Å². The average molecular weight is 357 g/mol. The molecule has 1 aromatic heterocycles. The molecule has 7 nitrogen and oxygen atoms in total. The third kappa shape index (κ3) is 4.23. The third-order valence-electron chi connectivity index (χ3n) is 4.24. The van der Waals surface area contributed by atoms with Gasteiger partial charge in [0.2, 0.25) is 0 Å². The highest BCUT2D eigenvalue weighted by Crippen LogP contribution is 2.27. The highest BCUT2D eigenvalue weighted by molar-refractivity contribution is 5.94. The Morgan fingerprint density at radius 1 is 1.15 bits per heavy atom. The van der Waals surface area contributed by atoms with Crippen molar-refractivity contribution in [3.8, 4) is 11.5 Å². The summed E-state index contributed by atoms with van der Waals surface area (Å²) >= 11 is 0. The molecule has 2 heterocycles. The number of carbonyl (C=O) groups is 1. The molecule has 26 heavy (non-hydrogen) atoms. The van der Waals surface area contributed by atoms with Crippen LogP contribution in [0, 0.1) is 0 Å². The molecule has 1 N–H and O–H groups in total. The van der Waals surface area contributed by atoms with Crippen molar-refractivity contribution in [2.45, 2.75) is 6.54 Å². The van der Waals surface area contributed by atoms with Gasteiger partial charge in [-0.15, -0.1) is 0 Å². The van der Waals surface area contributed by atoms with Crippen molar-refractivity contribution in [3.63, 3.8) is 0 Å². The molecule has 1 amide bonds. The second-order valence-corrected chi connectivity index (χ2v) is 5.88. The number of morpholine rings is 1. The summed E-state index contributed by atoms with van der Waals surface area (Å²) in [4.78, 5) is 19.0. The van der Waals surface area contributed by atoms with E-state index in [1.165, 1.54) is 0 Å². The molecule has 3 rings (SSSR count). The molecular weight excluding hydrogens is 334 g/mol. The normalized spacial score (nSPS) is 14.0. The smallest absolute Gasteiger partial charge is 0.251 e. The largest absolute Gasteiger partial charge is 0.493 e. The number of nitrogens with one attached hydrogen (secondary N) is 1. The first kappa shape index (κ1) is 18.0. The highest BCUT2D eigenvalue weighted by Gasteiger charge is 2.13. The lowest BCUT2D eigenvalue weighted by Crippen LogP contribution is -2.36.